The summed E-state index contributed by atoms with van der Waals surface area (Å²) in [5.41, 5.74) is 1.76. The minimum Gasteiger partial charge on any atom is -0.348 e. The number of hydrogen-bond acceptors (Lipinski definition) is 6. The van der Waals surface area contributed by atoms with E-state index in [0.29, 0.717) is 17.3 Å². The van der Waals surface area contributed by atoms with Gasteiger partial charge in [-0.2, -0.15) is 10.4 Å². The molecule has 0 aliphatic carbocycles. The normalized spacial score (nSPS) is 15.1. The second-order valence-corrected chi connectivity index (χ2v) is 5.88. The highest BCUT2D eigenvalue weighted by Gasteiger charge is 2.23. The molecule has 0 spiro atoms. The fourth-order valence-corrected chi connectivity index (χ4v) is 2.72. The van der Waals surface area contributed by atoms with E-state index in [1.165, 1.54) is 0 Å². The van der Waals surface area contributed by atoms with Gasteiger partial charge >= 0.3 is 0 Å². The quantitative estimate of drug-likeness (QED) is 0.895. The maximum absolute atomic E-state index is 12.3. The first-order valence-electron chi connectivity index (χ1n) is 7.86. The summed E-state index contributed by atoms with van der Waals surface area (Å²) in [6.07, 6.45) is 3.20. The SMILES string of the molecule is Cc1cc(C(=O)NC2CCN(c3nccc(C#N)n3)CC2)nn1C. The molecule has 124 valence electrons. The second-order valence-electron chi connectivity index (χ2n) is 5.88. The van der Waals surface area contributed by atoms with Gasteiger partial charge in [-0.15, -0.1) is 0 Å². The van der Waals surface area contributed by atoms with E-state index in [1.807, 2.05) is 24.9 Å². The third-order valence-corrected chi connectivity index (χ3v) is 4.22. The third kappa shape index (κ3) is 3.35. The van der Waals surface area contributed by atoms with Crippen molar-refractivity contribution in [1.29, 1.82) is 5.26 Å². The van der Waals surface area contributed by atoms with Gasteiger partial charge in [0, 0.05) is 38.1 Å². The Hall–Kier alpha value is -2.95. The van der Waals surface area contributed by atoms with E-state index in [9.17, 15) is 4.79 Å². The molecular weight excluding hydrogens is 306 g/mol. The van der Waals surface area contributed by atoms with Gasteiger partial charge in [-0.3, -0.25) is 9.48 Å². The lowest BCUT2D eigenvalue weighted by Gasteiger charge is -2.32. The largest absolute Gasteiger partial charge is 0.348 e. The lowest BCUT2D eigenvalue weighted by Crippen LogP contribution is -2.45. The third-order valence-electron chi connectivity index (χ3n) is 4.22. The number of piperidine rings is 1. The van der Waals surface area contributed by atoms with E-state index in [0.717, 1.165) is 31.6 Å². The molecule has 24 heavy (non-hydrogen) atoms. The molecule has 0 unspecified atom stereocenters. The van der Waals surface area contributed by atoms with Crippen LogP contribution >= 0.6 is 0 Å². The average molecular weight is 325 g/mol. The number of rotatable bonds is 3. The second kappa shape index (κ2) is 6.66. The number of carbonyl (C=O) groups excluding carboxylic acids is 1. The number of anilines is 1. The predicted molar refractivity (Wildman–Crippen MR) is 87.4 cm³/mol. The molecule has 3 heterocycles. The number of hydrogen-bond donors (Lipinski definition) is 1. The van der Waals surface area contributed by atoms with Crippen molar-refractivity contribution in [2.75, 3.05) is 18.0 Å². The van der Waals surface area contributed by atoms with Crippen LogP contribution in [0.5, 0.6) is 0 Å². The van der Waals surface area contributed by atoms with Crippen molar-refractivity contribution in [1.82, 2.24) is 25.1 Å². The highest BCUT2D eigenvalue weighted by atomic mass is 16.2. The van der Waals surface area contributed by atoms with E-state index < -0.39 is 0 Å². The first-order valence-corrected chi connectivity index (χ1v) is 7.86. The lowest BCUT2D eigenvalue weighted by molar-refractivity contribution is 0.0925. The molecule has 0 aromatic carbocycles. The summed E-state index contributed by atoms with van der Waals surface area (Å²) >= 11 is 0. The molecule has 8 nitrogen and oxygen atoms in total. The summed E-state index contributed by atoms with van der Waals surface area (Å²) in [4.78, 5) is 22.7. The number of carbonyl (C=O) groups is 1. The Morgan fingerprint density at radius 1 is 1.42 bits per heavy atom. The summed E-state index contributed by atoms with van der Waals surface area (Å²) < 4.78 is 1.69. The smallest absolute Gasteiger partial charge is 0.272 e. The highest BCUT2D eigenvalue weighted by Crippen LogP contribution is 2.16. The number of nitrogens with zero attached hydrogens (tertiary/aromatic N) is 6. The summed E-state index contributed by atoms with van der Waals surface area (Å²) in [5.74, 6) is 0.430. The molecule has 0 saturated carbocycles. The van der Waals surface area contributed by atoms with Gasteiger partial charge in [0.15, 0.2) is 0 Å². The molecule has 1 N–H and O–H groups in total. The Labute approximate surface area is 140 Å². The van der Waals surface area contributed by atoms with E-state index in [4.69, 9.17) is 5.26 Å². The molecule has 1 amide bonds. The summed E-state index contributed by atoms with van der Waals surface area (Å²) in [5, 5.41) is 16.2. The fourth-order valence-electron chi connectivity index (χ4n) is 2.72. The number of aromatic nitrogens is 4. The number of amides is 1. The minimum absolute atomic E-state index is 0.107. The van der Waals surface area contributed by atoms with E-state index >= 15 is 0 Å². The standard InChI is InChI=1S/C16H19N7O/c1-11-9-14(21-22(11)2)15(24)19-12-4-7-23(8-5-12)16-18-6-3-13(10-17)20-16/h3,6,9,12H,4-5,7-8H2,1-2H3,(H,19,24). The molecule has 0 radical (unpaired) electrons. The van der Waals surface area contributed by atoms with Crippen LogP contribution in [0.3, 0.4) is 0 Å². The van der Waals surface area contributed by atoms with Gasteiger partial charge in [0.25, 0.3) is 5.91 Å². The van der Waals surface area contributed by atoms with Crippen LogP contribution in [0.4, 0.5) is 5.95 Å². The first-order chi connectivity index (χ1) is 11.6. The van der Waals surface area contributed by atoms with Crippen molar-refractivity contribution in [3.63, 3.8) is 0 Å². The number of nitrogens with one attached hydrogen (secondary N) is 1. The van der Waals surface area contributed by atoms with Gasteiger partial charge in [-0.1, -0.05) is 0 Å². The number of aryl methyl sites for hydroxylation is 2. The van der Waals surface area contributed by atoms with Gasteiger partial charge in [0.05, 0.1) is 0 Å². The molecule has 0 bridgehead atoms. The van der Waals surface area contributed by atoms with Crippen LogP contribution in [0.15, 0.2) is 18.3 Å². The number of nitriles is 1. The van der Waals surface area contributed by atoms with E-state index in [1.54, 1.807) is 23.0 Å². The van der Waals surface area contributed by atoms with Crippen LogP contribution in [0.25, 0.3) is 0 Å². The van der Waals surface area contributed by atoms with Crippen molar-refractivity contribution in [3.8, 4) is 6.07 Å². The fraction of sp³-hybridized carbons (Fsp3) is 0.438. The predicted octanol–water partition coefficient (Wildman–Crippen LogP) is 0.789. The van der Waals surface area contributed by atoms with Crippen molar-refractivity contribution in [3.05, 3.63) is 35.4 Å². The molecule has 1 aliphatic rings. The monoisotopic (exact) mass is 325 g/mol. The van der Waals surface area contributed by atoms with Crippen molar-refractivity contribution >= 4 is 11.9 Å². The molecule has 8 heteroatoms. The zero-order valence-corrected chi connectivity index (χ0v) is 13.7. The Balaban J connectivity index is 1.57. The van der Waals surface area contributed by atoms with Crippen molar-refractivity contribution in [2.45, 2.75) is 25.8 Å². The molecule has 3 rings (SSSR count). The zero-order valence-electron chi connectivity index (χ0n) is 13.7. The lowest BCUT2D eigenvalue weighted by atomic mass is 10.1. The van der Waals surface area contributed by atoms with Gasteiger partial charge in [0.1, 0.15) is 17.5 Å². The van der Waals surface area contributed by atoms with Crippen LogP contribution in [-0.4, -0.2) is 44.8 Å². The maximum Gasteiger partial charge on any atom is 0.272 e. The zero-order chi connectivity index (χ0) is 17.1. The molecule has 2 aromatic rings. The summed E-state index contributed by atoms with van der Waals surface area (Å²) in [6.45, 7) is 3.39. The summed E-state index contributed by atoms with van der Waals surface area (Å²) in [6, 6.07) is 5.50. The topological polar surface area (TPSA) is 99.7 Å². The van der Waals surface area contributed by atoms with Crippen LogP contribution in [0.1, 0.15) is 34.7 Å². The Morgan fingerprint density at radius 2 is 2.17 bits per heavy atom. The van der Waals surface area contributed by atoms with Gasteiger partial charge in [-0.25, -0.2) is 9.97 Å². The molecule has 1 saturated heterocycles. The minimum atomic E-state index is -0.139. The van der Waals surface area contributed by atoms with Crippen LogP contribution in [0.2, 0.25) is 0 Å². The maximum atomic E-state index is 12.3. The van der Waals surface area contributed by atoms with Gasteiger partial charge in [0.2, 0.25) is 5.95 Å². The van der Waals surface area contributed by atoms with E-state index in [-0.39, 0.29) is 11.9 Å². The van der Waals surface area contributed by atoms with E-state index in [2.05, 4.69) is 20.4 Å². The molecule has 0 atom stereocenters. The molecule has 1 fully saturated rings. The van der Waals surface area contributed by atoms with Crippen LogP contribution in [0, 0.1) is 18.3 Å². The van der Waals surface area contributed by atoms with Crippen molar-refractivity contribution < 1.29 is 4.79 Å². The highest BCUT2D eigenvalue weighted by molar-refractivity contribution is 5.92. The van der Waals surface area contributed by atoms with Crippen LogP contribution < -0.4 is 10.2 Å². The molecule has 2 aromatic heterocycles. The van der Waals surface area contributed by atoms with Gasteiger partial charge < -0.3 is 10.2 Å². The molecular formula is C16H19N7O. The first kappa shape index (κ1) is 15.9. The summed E-state index contributed by atoms with van der Waals surface area (Å²) in [7, 11) is 1.82. The Morgan fingerprint density at radius 3 is 2.79 bits per heavy atom. The average Bonchev–Trinajstić information content (AvgIpc) is 2.95. The Kier molecular flexibility index (Phi) is 4.42. The molecule has 1 aliphatic heterocycles. The van der Waals surface area contributed by atoms with Gasteiger partial charge in [-0.05, 0) is 31.9 Å². The van der Waals surface area contributed by atoms with Crippen molar-refractivity contribution in [2.24, 2.45) is 7.05 Å². The Bertz CT molecular complexity index is 764. The van der Waals surface area contributed by atoms with Crippen LogP contribution in [-0.2, 0) is 7.05 Å².